The van der Waals surface area contributed by atoms with Crippen LogP contribution in [-0.2, 0) is 0 Å². The molecular weight excluding hydrogens is 224 g/mol. The van der Waals surface area contributed by atoms with Gasteiger partial charge in [-0.2, -0.15) is 4.73 Å². The Morgan fingerprint density at radius 2 is 1.72 bits per heavy atom. The summed E-state index contributed by atoms with van der Waals surface area (Å²) in [6.07, 6.45) is 1.62. The summed E-state index contributed by atoms with van der Waals surface area (Å²) in [5.74, 6) is 0. The van der Waals surface area contributed by atoms with Gasteiger partial charge in [0.2, 0.25) is 11.2 Å². The average molecular weight is 236 g/mol. The molecule has 0 bridgehead atoms. The second-order valence-corrected chi connectivity index (χ2v) is 4.29. The summed E-state index contributed by atoms with van der Waals surface area (Å²) in [5.41, 5.74) is 3.94. The molecule has 3 rings (SSSR count). The first-order valence-corrected chi connectivity index (χ1v) is 5.80. The lowest BCUT2D eigenvalue weighted by atomic mass is 10.1. The van der Waals surface area contributed by atoms with Gasteiger partial charge in [-0.25, -0.2) is 4.98 Å². The normalized spacial score (nSPS) is 10.7. The third-order valence-corrected chi connectivity index (χ3v) is 2.99. The van der Waals surface area contributed by atoms with E-state index in [0.717, 1.165) is 10.3 Å². The van der Waals surface area contributed by atoms with E-state index in [0.29, 0.717) is 16.7 Å². The zero-order valence-electron chi connectivity index (χ0n) is 10.00. The number of benzene rings is 2. The summed E-state index contributed by atoms with van der Waals surface area (Å²) < 4.78 is 0.938. The maximum absolute atomic E-state index is 12.3. The highest BCUT2D eigenvalue weighted by Crippen LogP contribution is 2.17. The molecule has 0 saturated carbocycles. The maximum Gasteiger partial charge on any atom is 0.242 e. The zero-order valence-corrected chi connectivity index (χ0v) is 10.00. The van der Waals surface area contributed by atoms with Crippen molar-refractivity contribution in [3.8, 4) is 11.3 Å². The molecule has 88 valence electrons. The molecule has 1 heterocycles. The van der Waals surface area contributed by atoms with E-state index in [9.17, 15) is 5.21 Å². The molecule has 0 saturated heterocycles. The number of rotatable bonds is 1. The van der Waals surface area contributed by atoms with E-state index < -0.39 is 0 Å². The van der Waals surface area contributed by atoms with E-state index >= 15 is 0 Å². The molecule has 18 heavy (non-hydrogen) atoms. The van der Waals surface area contributed by atoms with Crippen LogP contribution in [0, 0.1) is 12.1 Å². The molecule has 0 fully saturated rings. The van der Waals surface area contributed by atoms with Crippen LogP contribution in [0.15, 0.2) is 54.7 Å². The van der Waals surface area contributed by atoms with Crippen LogP contribution in [0.4, 0.5) is 0 Å². The molecule has 0 spiro atoms. The molecular formula is C15H12N2O. The lowest BCUT2D eigenvalue weighted by Gasteiger charge is -2.06. The highest BCUT2D eigenvalue weighted by atomic mass is 16.5. The van der Waals surface area contributed by atoms with Gasteiger partial charge >= 0.3 is 0 Å². The highest BCUT2D eigenvalue weighted by Gasteiger charge is 2.12. The number of aromatic nitrogens is 2. The minimum Gasteiger partial charge on any atom is -0.618 e. The molecule has 3 aromatic rings. The molecule has 3 heteroatoms. The molecule has 0 radical (unpaired) electrons. The van der Waals surface area contributed by atoms with E-state index in [4.69, 9.17) is 0 Å². The quantitative estimate of drug-likeness (QED) is 0.481. The standard InChI is InChI=1S/C15H12N2O/c1-11-6-8-12(9-7-11)15-10-16-13-4-2-3-5-14(13)17(15)18/h2-10H,1H3. The first-order valence-electron chi connectivity index (χ1n) is 5.80. The van der Waals surface area contributed by atoms with Gasteiger partial charge in [0.05, 0.1) is 0 Å². The zero-order chi connectivity index (χ0) is 12.5. The Balaban J connectivity index is 2.24. The van der Waals surface area contributed by atoms with Crippen LogP contribution in [0.5, 0.6) is 0 Å². The van der Waals surface area contributed by atoms with Crippen LogP contribution in [0.25, 0.3) is 22.3 Å². The van der Waals surface area contributed by atoms with Crippen LogP contribution in [0.2, 0.25) is 0 Å². The molecule has 0 atom stereocenters. The predicted molar refractivity (Wildman–Crippen MR) is 70.9 cm³/mol. The largest absolute Gasteiger partial charge is 0.618 e. The van der Waals surface area contributed by atoms with Crippen LogP contribution < -0.4 is 4.73 Å². The van der Waals surface area contributed by atoms with Gasteiger partial charge < -0.3 is 5.21 Å². The SMILES string of the molecule is Cc1ccc(-c2cnc3ccccc3[n+]2[O-])cc1. The average Bonchev–Trinajstić information content (AvgIpc) is 2.41. The van der Waals surface area contributed by atoms with Gasteiger partial charge in [-0.05, 0) is 25.1 Å². The molecule has 0 aliphatic rings. The molecule has 0 unspecified atom stereocenters. The van der Waals surface area contributed by atoms with Gasteiger partial charge in [0, 0.05) is 11.6 Å². The Morgan fingerprint density at radius 3 is 2.50 bits per heavy atom. The van der Waals surface area contributed by atoms with Gasteiger partial charge in [0.1, 0.15) is 11.7 Å². The van der Waals surface area contributed by atoms with Crippen molar-refractivity contribution in [3.05, 3.63) is 65.5 Å². The minimum absolute atomic E-state index is 0.578. The van der Waals surface area contributed by atoms with E-state index in [1.807, 2.05) is 49.4 Å². The summed E-state index contributed by atoms with van der Waals surface area (Å²) in [6, 6.07) is 15.2. The topological polar surface area (TPSA) is 39.8 Å². The van der Waals surface area contributed by atoms with Crippen LogP contribution >= 0.6 is 0 Å². The molecule has 3 nitrogen and oxygen atoms in total. The minimum atomic E-state index is 0.578. The maximum atomic E-state index is 12.3. The van der Waals surface area contributed by atoms with Crippen molar-refractivity contribution in [2.45, 2.75) is 6.92 Å². The lowest BCUT2D eigenvalue weighted by molar-refractivity contribution is -0.565. The number of para-hydroxylation sites is 2. The van der Waals surface area contributed by atoms with Crippen LogP contribution in [-0.4, -0.2) is 4.98 Å². The van der Waals surface area contributed by atoms with Crippen molar-refractivity contribution in [1.29, 1.82) is 0 Å². The fourth-order valence-electron chi connectivity index (χ4n) is 1.97. The van der Waals surface area contributed by atoms with E-state index in [1.165, 1.54) is 5.56 Å². The molecule has 0 amide bonds. The van der Waals surface area contributed by atoms with Gasteiger partial charge in [0.25, 0.3) is 0 Å². The Bertz CT molecular complexity index is 705. The monoisotopic (exact) mass is 236 g/mol. The second kappa shape index (κ2) is 4.11. The van der Waals surface area contributed by atoms with Gasteiger partial charge in [-0.3, -0.25) is 0 Å². The highest BCUT2D eigenvalue weighted by molar-refractivity contribution is 5.72. The summed E-state index contributed by atoms with van der Waals surface area (Å²) in [6.45, 7) is 2.02. The molecule has 1 aromatic heterocycles. The first-order chi connectivity index (χ1) is 8.75. The number of hydrogen-bond acceptors (Lipinski definition) is 2. The van der Waals surface area contributed by atoms with Crippen molar-refractivity contribution < 1.29 is 4.73 Å². The fourth-order valence-corrected chi connectivity index (χ4v) is 1.97. The number of nitrogens with zero attached hydrogens (tertiary/aromatic N) is 2. The third kappa shape index (κ3) is 1.70. The lowest BCUT2D eigenvalue weighted by Crippen LogP contribution is -2.30. The summed E-state index contributed by atoms with van der Waals surface area (Å²) in [4.78, 5) is 4.32. The Hall–Kier alpha value is -2.42. The molecule has 0 aliphatic heterocycles. The van der Waals surface area contributed by atoms with Gasteiger partial charge in [-0.15, -0.1) is 0 Å². The second-order valence-electron chi connectivity index (χ2n) is 4.29. The summed E-state index contributed by atoms with van der Waals surface area (Å²) >= 11 is 0. The third-order valence-electron chi connectivity index (χ3n) is 2.99. The Kier molecular flexibility index (Phi) is 2.45. The van der Waals surface area contributed by atoms with E-state index in [2.05, 4.69) is 4.98 Å². The van der Waals surface area contributed by atoms with E-state index in [-0.39, 0.29) is 0 Å². The van der Waals surface area contributed by atoms with Crippen molar-refractivity contribution in [2.75, 3.05) is 0 Å². The van der Waals surface area contributed by atoms with Crippen molar-refractivity contribution in [2.24, 2.45) is 0 Å². The van der Waals surface area contributed by atoms with Crippen molar-refractivity contribution in [1.82, 2.24) is 4.98 Å². The first kappa shape index (κ1) is 10.7. The summed E-state index contributed by atoms with van der Waals surface area (Å²) in [5, 5.41) is 12.3. The van der Waals surface area contributed by atoms with Crippen LogP contribution in [0.1, 0.15) is 5.56 Å². The van der Waals surface area contributed by atoms with Gasteiger partial charge in [-0.1, -0.05) is 29.8 Å². The summed E-state index contributed by atoms with van der Waals surface area (Å²) in [7, 11) is 0. The fraction of sp³-hybridized carbons (Fsp3) is 0.0667. The number of fused-ring (bicyclic) bond motifs is 1. The number of hydrogen-bond donors (Lipinski definition) is 0. The predicted octanol–water partition coefficient (Wildman–Crippen LogP) is 2.84. The smallest absolute Gasteiger partial charge is 0.242 e. The van der Waals surface area contributed by atoms with Gasteiger partial charge in [0.15, 0.2) is 0 Å². The Morgan fingerprint density at radius 1 is 1.00 bits per heavy atom. The molecule has 0 aliphatic carbocycles. The Labute approximate surface area is 105 Å². The van der Waals surface area contributed by atoms with Crippen LogP contribution in [0.3, 0.4) is 0 Å². The van der Waals surface area contributed by atoms with E-state index in [1.54, 1.807) is 12.3 Å². The van der Waals surface area contributed by atoms with Crippen molar-refractivity contribution >= 4 is 11.0 Å². The number of aryl methyl sites for hydroxylation is 1. The van der Waals surface area contributed by atoms with Crippen molar-refractivity contribution in [3.63, 3.8) is 0 Å². The molecule has 0 N–H and O–H groups in total. The molecule has 2 aromatic carbocycles.